The maximum Gasteiger partial charge on any atom is 0.116 e. The van der Waals surface area contributed by atoms with Gasteiger partial charge >= 0.3 is 0 Å². The molecule has 1 aromatic carbocycles. The van der Waals surface area contributed by atoms with Crippen molar-refractivity contribution in [2.24, 2.45) is 0 Å². The average molecular weight is 300 g/mol. The fourth-order valence-corrected chi connectivity index (χ4v) is 2.54. The monoisotopic (exact) mass is 300 g/mol. The maximum absolute atomic E-state index is 9.36. The van der Waals surface area contributed by atoms with E-state index in [9.17, 15) is 5.11 Å². The van der Waals surface area contributed by atoms with Crippen molar-refractivity contribution in [3.05, 3.63) is 48.1 Å². The molecule has 0 aliphatic carbocycles. The van der Waals surface area contributed by atoms with Crippen LogP contribution in [0.2, 0.25) is 0 Å². The lowest BCUT2D eigenvalue weighted by Crippen LogP contribution is -1.80. The highest BCUT2D eigenvalue weighted by atomic mass is 16.3. The molecule has 0 fully saturated rings. The van der Waals surface area contributed by atoms with Crippen LogP contribution in [0.4, 0.5) is 0 Å². The van der Waals surface area contributed by atoms with Crippen molar-refractivity contribution in [3.63, 3.8) is 0 Å². The molecule has 0 radical (unpaired) electrons. The Morgan fingerprint density at radius 2 is 1.55 bits per heavy atom. The van der Waals surface area contributed by atoms with E-state index in [-0.39, 0.29) is 0 Å². The zero-order valence-electron chi connectivity index (χ0n) is 14.1. The summed E-state index contributed by atoms with van der Waals surface area (Å²) in [6.07, 6.45) is 22.0. The zero-order chi connectivity index (χ0) is 15.9. The lowest BCUT2D eigenvalue weighted by Gasteiger charge is -2.00. The minimum absolute atomic E-state index is 0.320. The number of unbranched alkanes of at least 4 members (excludes halogenated alkanes) is 9. The molecule has 0 aromatic heterocycles. The van der Waals surface area contributed by atoms with Gasteiger partial charge in [0.15, 0.2) is 0 Å². The Kier molecular flexibility index (Phi) is 11.1. The summed E-state index contributed by atoms with van der Waals surface area (Å²) >= 11 is 0. The summed E-state index contributed by atoms with van der Waals surface area (Å²) in [5.41, 5.74) is 1.03. The Morgan fingerprint density at radius 1 is 0.864 bits per heavy atom. The Morgan fingerprint density at radius 3 is 2.23 bits per heavy atom. The molecule has 1 aromatic rings. The van der Waals surface area contributed by atoms with Crippen LogP contribution in [-0.4, -0.2) is 5.11 Å². The number of hydrogen-bond donors (Lipinski definition) is 1. The third-order valence-electron chi connectivity index (χ3n) is 3.88. The van der Waals surface area contributed by atoms with Crippen LogP contribution in [-0.2, 0) is 0 Å². The van der Waals surface area contributed by atoms with Crippen LogP contribution in [0.5, 0.6) is 5.75 Å². The molecule has 0 aliphatic heterocycles. The van der Waals surface area contributed by atoms with E-state index < -0.39 is 0 Å². The zero-order valence-corrected chi connectivity index (χ0v) is 14.1. The number of phenols is 1. The summed E-state index contributed by atoms with van der Waals surface area (Å²) in [6, 6.07) is 7.31. The quantitative estimate of drug-likeness (QED) is 0.329. The molecule has 0 spiro atoms. The van der Waals surface area contributed by atoms with Gasteiger partial charge in [-0.1, -0.05) is 94.7 Å². The van der Waals surface area contributed by atoms with E-state index in [0.717, 1.165) is 5.56 Å². The molecule has 0 atom stereocenters. The van der Waals surface area contributed by atoms with E-state index >= 15 is 0 Å². The summed E-state index contributed by atoms with van der Waals surface area (Å²) in [5, 5.41) is 9.36. The first kappa shape index (κ1) is 18.5. The predicted molar refractivity (Wildman–Crippen MR) is 98.1 cm³/mol. The molecular formula is C21H32O. The molecule has 0 bridgehead atoms. The summed E-state index contributed by atoms with van der Waals surface area (Å²) in [6.45, 7) is 2.27. The molecule has 0 unspecified atom stereocenters. The number of phenolic OH excluding ortho intramolecular Hbond substituents is 1. The molecule has 1 N–H and O–H groups in total. The van der Waals surface area contributed by atoms with Gasteiger partial charge in [0.25, 0.3) is 0 Å². The van der Waals surface area contributed by atoms with Gasteiger partial charge < -0.3 is 5.11 Å². The number of hydrogen-bond acceptors (Lipinski definition) is 1. The summed E-state index contributed by atoms with van der Waals surface area (Å²) in [7, 11) is 0. The van der Waals surface area contributed by atoms with E-state index in [0.29, 0.717) is 5.75 Å². The van der Waals surface area contributed by atoms with Gasteiger partial charge in [-0.15, -0.1) is 0 Å². The lowest BCUT2D eigenvalue weighted by molar-refractivity contribution is 0.475. The van der Waals surface area contributed by atoms with Gasteiger partial charge in [0.1, 0.15) is 5.75 Å². The summed E-state index contributed by atoms with van der Waals surface area (Å²) in [5.74, 6) is 0.320. The summed E-state index contributed by atoms with van der Waals surface area (Å²) < 4.78 is 0. The average Bonchev–Trinajstić information content (AvgIpc) is 2.52. The molecule has 1 heteroatoms. The van der Waals surface area contributed by atoms with Crippen molar-refractivity contribution < 1.29 is 5.11 Å². The molecule has 122 valence electrons. The number of aromatic hydroxyl groups is 1. The van der Waals surface area contributed by atoms with E-state index in [2.05, 4.69) is 19.1 Å². The first-order chi connectivity index (χ1) is 10.8. The van der Waals surface area contributed by atoms with E-state index in [1.807, 2.05) is 24.3 Å². The number of allylic oxidation sites excluding steroid dienone is 3. The van der Waals surface area contributed by atoms with E-state index in [1.54, 1.807) is 12.1 Å². The fourth-order valence-electron chi connectivity index (χ4n) is 2.54. The smallest absolute Gasteiger partial charge is 0.116 e. The van der Waals surface area contributed by atoms with Gasteiger partial charge in [-0.25, -0.2) is 0 Å². The van der Waals surface area contributed by atoms with Crippen molar-refractivity contribution in [2.75, 3.05) is 0 Å². The fraction of sp³-hybridized carbons (Fsp3) is 0.524. The van der Waals surface area contributed by atoms with E-state index in [4.69, 9.17) is 0 Å². The van der Waals surface area contributed by atoms with Crippen molar-refractivity contribution in [1.29, 1.82) is 0 Å². The lowest BCUT2D eigenvalue weighted by atomic mass is 10.1. The van der Waals surface area contributed by atoms with Crippen LogP contribution in [0.25, 0.3) is 6.08 Å². The van der Waals surface area contributed by atoms with Gasteiger partial charge in [-0.3, -0.25) is 0 Å². The highest BCUT2D eigenvalue weighted by Crippen LogP contribution is 2.12. The minimum Gasteiger partial charge on any atom is -0.508 e. The first-order valence-electron chi connectivity index (χ1n) is 8.95. The minimum atomic E-state index is 0.320. The van der Waals surface area contributed by atoms with Crippen LogP contribution in [0.1, 0.15) is 76.7 Å². The van der Waals surface area contributed by atoms with Gasteiger partial charge in [0.05, 0.1) is 0 Å². The van der Waals surface area contributed by atoms with Gasteiger partial charge in [-0.05, 0) is 30.5 Å². The van der Waals surface area contributed by atoms with Gasteiger partial charge in [0, 0.05) is 0 Å². The third-order valence-corrected chi connectivity index (χ3v) is 3.88. The maximum atomic E-state index is 9.36. The second-order valence-corrected chi connectivity index (χ2v) is 6.00. The Balaban J connectivity index is 1.96. The predicted octanol–water partition coefficient (Wildman–Crippen LogP) is 6.88. The van der Waals surface area contributed by atoms with Crippen molar-refractivity contribution >= 4 is 6.08 Å². The molecular weight excluding hydrogens is 268 g/mol. The Labute approximate surface area is 136 Å². The molecule has 0 amide bonds. The standard InChI is InChI=1S/C21H32O/c1-2-3-4-5-6-7-8-9-10-11-12-13-14-16-20-17-15-18-21(22)19-20/h12-19,22H,2-11H2,1H3/b13-12+,16-14+. The Bertz CT molecular complexity index is 431. The van der Waals surface area contributed by atoms with Crippen LogP contribution < -0.4 is 0 Å². The number of benzene rings is 1. The van der Waals surface area contributed by atoms with Crippen LogP contribution >= 0.6 is 0 Å². The van der Waals surface area contributed by atoms with Crippen molar-refractivity contribution in [3.8, 4) is 5.75 Å². The second kappa shape index (κ2) is 13.2. The molecule has 0 heterocycles. The van der Waals surface area contributed by atoms with Crippen molar-refractivity contribution in [2.45, 2.75) is 71.1 Å². The molecule has 0 aliphatic rings. The molecule has 0 saturated heterocycles. The van der Waals surface area contributed by atoms with Crippen LogP contribution in [0.3, 0.4) is 0 Å². The largest absolute Gasteiger partial charge is 0.508 e. The normalized spacial score (nSPS) is 11.7. The Hall–Kier alpha value is -1.50. The highest BCUT2D eigenvalue weighted by molar-refractivity contribution is 5.52. The topological polar surface area (TPSA) is 20.2 Å². The SMILES string of the molecule is CCCCCCCCCCC/C=C/C=C/c1cccc(O)c1. The third kappa shape index (κ3) is 10.3. The molecule has 22 heavy (non-hydrogen) atoms. The van der Waals surface area contributed by atoms with Gasteiger partial charge in [0.2, 0.25) is 0 Å². The molecule has 0 saturated carbocycles. The van der Waals surface area contributed by atoms with Gasteiger partial charge in [-0.2, -0.15) is 0 Å². The highest BCUT2D eigenvalue weighted by Gasteiger charge is 1.91. The molecule has 1 rings (SSSR count). The van der Waals surface area contributed by atoms with Crippen LogP contribution in [0, 0.1) is 0 Å². The van der Waals surface area contributed by atoms with Crippen LogP contribution in [0.15, 0.2) is 42.5 Å². The second-order valence-electron chi connectivity index (χ2n) is 6.00. The number of rotatable bonds is 12. The summed E-state index contributed by atoms with van der Waals surface area (Å²) in [4.78, 5) is 0. The van der Waals surface area contributed by atoms with Crippen molar-refractivity contribution in [1.82, 2.24) is 0 Å². The molecule has 1 nitrogen and oxygen atoms in total. The first-order valence-corrected chi connectivity index (χ1v) is 8.95. The van der Waals surface area contributed by atoms with E-state index in [1.165, 1.54) is 64.2 Å².